The zero-order valence-electron chi connectivity index (χ0n) is 4.89. The van der Waals surface area contributed by atoms with Gasteiger partial charge in [-0.1, -0.05) is 25.5 Å². The largest absolute Gasteiger partial charge is 0.408 e. The van der Waals surface area contributed by atoms with E-state index in [-0.39, 0.29) is 0 Å². The predicted octanol–water partition coefficient (Wildman–Crippen LogP) is 1.04. The van der Waals surface area contributed by atoms with Crippen molar-refractivity contribution in [3.05, 3.63) is 5.53 Å². The molecule has 0 bridgehead atoms. The molecule has 0 amide bonds. The molecule has 0 atom stereocenters. The normalized spacial score (nSPS) is 10.1. The lowest BCUT2D eigenvalue weighted by atomic mass is 11.7. The number of rotatable bonds is 1. The summed E-state index contributed by atoms with van der Waals surface area (Å²) >= 11 is 0. The van der Waals surface area contributed by atoms with Crippen LogP contribution in [0.3, 0.4) is 0 Å². The van der Waals surface area contributed by atoms with Gasteiger partial charge >= 0.3 is 0 Å². The average Bonchev–Trinajstić information content (AvgIpc) is 1.30. The minimum absolute atomic E-state index is 1.32. The standard InChI is InChI=1S/C4H9N2Si/c1-7(2,3)4-6-5/h1-3H3/q-1. The van der Waals surface area contributed by atoms with Crippen LogP contribution in [0.5, 0.6) is 0 Å². The lowest BCUT2D eigenvalue weighted by molar-refractivity contribution is 0.00680. The molecule has 0 aliphatic carbocycles. The van der Waals surface area contributed by atoms with Gasteiger partial charge in [-0.3, -0.25) is 0 Å². The summed E-state index contributed by atoms with van der Waals surface area (Å²) in [5, 5.41) is 0. The second-order valence-corrected chi connectivity index (χ2v) is 7.19. The Labute approximate surface area is 44.8 Å². The molecule has 0 rings (SSSR count). The van der Waals surface area contributed by atoms with Crippen LogP contribution >= 0.6 is 0 Å². The van der Waals surface area contributed by atoms with Gasteiger partial charge in [-0.25, -0.2) is 0 Å². The van der Waals surface area contributed by atoms with Gasteiger partial charge in [-0.15, -0.1) is 0 Å². The third kappa shape index (κ3) is 5.60. The van der Waals surface area contributed by atoms with Crippen molar-refractivity contribution in [1.82, 2.24) is 0 Å². The van der Waals surface area contributed by atoms with E-state index in [2.05, 4.69) is 10.6 Å². The molecule has 0 spiro atoms. The average molecular weight is 113 g/mol. The molecule has 0 unspecified atom stereocenters. The minimum atomic E-state index is -1.32. The fourth-order valence-corrected chi connectivity index (χ4v) is 0.450. The van der Waals surface area contributed by atoms with Crippen LogP contribution in [-0.4, -0.2) is 18.7 Å². The van der Waals surface area contributed by atoms with Gasteiger partial charge in [0.05, 0.1) is 0 Å². The Hall–Kier alpha value is -0.403. The molecule has 40 valence electrons. The first kappa shape index (κ1) is 6.60. The Balaban J connectivity index is 3.80. The van der Waals surface area contributed by atoms with Gasteiger partial charge in [0.15, 0.2) is 0 Å². The molecule has 0 aliphatic rings. The van der Waals surface area contributed by atoms with E-state index in [1.807, 2.05) is 19.6 Å². The van der Waals surface area contributed by atoms with E-state index in [0.29, 0.717) is 0 Å². The Morgan fingerprint density at radius 2 is 1.86 bits per heavy atom. The second-order valence-electron chi connectivity index (χ2n) is 2.46. The van der Waals surface area contributed by atoms with Gasteiger partial charge in [0.25, 0.3) is 0 Å². The molecular weight excluding hydrogens is 104 g/mol. The monoisotopic (exact) mass is 113 g/mol. The van der Waals surface area contributed by atoms with Crippen LogP contribution in [0.2, 0.25) is 19.6 Å². The summed E-state index contributed by atoms with van der Waals surface area (Å²) in [6.07, 6.45) is 0. The van der Waals surface area contributed by atoms with Crippen LogP contribution in [0.1, 0.15) is 0 Å². The lowest BCUT2D eigenvalue weighted by Crippen LogP contribution is -2.22. The molecule has 0 aromatic heterocycles. The van der Waals surface area contributed by atoms with E-state index in [0.717, 1.165) is 0 Å². The van der Waals surface area contributed by atoms with Crippen molar-refractivity contribution in [1.29, 1.82) is 0 Å². The SMILES string of the molecule is C[Si](C)(C)[C-]=[N+]=[N-]. The summed E-state index contributed by atoms with van der Waals surface area (Å²) in [7, 11) is -1.32. The first-order chi connectivity index (χ1) is 3.06. The van der Waals surface area contributed by atoms with Crippen molar-refractivity contribution in [2.24, 2.45) is 0 Å². The highest BCUT2D eigenvalue weighted by molar-refractivity contribution is 6.98. The summed E-state index contributed by atoms with van der Waals surface area (Å²) < 4.78 is 0. The third-order valence-corrected chi connectivity index (χ3v) is 1.16. The molecule has 0 N–H and O–H groups in total. The maximum absolute atomic E-state index is 7.95. The van der Waals surface area contributed by atoms with E-state index < -0.39 is 8.07 Å². The van der Waals surface area contributed by atoms with Crippen molar-refractivity contribution >= 4 is 13.9 Å². The van der Waals surface area contributed by atoms with E-state index >= 15 is 0 Å². The van der Waals surface area contributed by atoms with Crippen molar-refractivity contribution < 1.29 is 4.79 Å². The molecule has 0 aliphatic heterocycles. The zero-order chi connectivity index (χ0) is 5.91. The molecule has 0 aromatic rings. The van der Waals surface area contributed by atoms with Crippen molar-refractivity contribution in [3.8, 4) is 0 Å². The van der Waals surface area contributed by atoms with Crippen LogP contribution in [0.4, 0.5) is 0 Å². The Morgan fingerprint density at radius 3 is 1.86 bits per heavy atom. The van der Waals surface area contributed by atoms with Gasteiger partial charge < -0.3 is 10.3 Å². The molecule has 3 heteroatoms. The first-order valence-electron chi connectivity index (χ1n) is 2.17. The summed E-state index contributed by atoms with van der Waals surface area (Å²) in [6.45, 7) is 6.14. The molecular formula is C4H9N2Si-. The zero-order valence-corrected chi connectivity index (χ0v) is 5.89. The highest BCUT2D eigenvalue weighted by Crippen LogP contribution is 1.91. The molecule has 0 saturated carbocycles. The van der Waals surface area contributed by atoms with Crippen LogP contribution in [-0.2, 0) is 0 Å². The van der Waals surface area contributed by atoms with Gasteiger partial charge in [0.2, 0.25) is 0 Å². The van der Waals surface area contributed by atoms with E-state index in [1.54, 1.807) is 0 Å². The molecule has 0 fully saturated rings. The van der Waals surface area contributed by atoms with Crippen LogP contribution < -0.4 is 0 Å². The van der Waals surface area contributed by atoms with E-state index in [9.17, 15) is 0 Å². The summed E-state index contributed by atoms with van der Waals surface area (Å²) in [4.78, 5) is 2.82. The third-order valence-electron chi connectivity index (χ3n) is 0.385. The Kier molecular flexibility index (Phi) is 1.93. The summed E-state index contributed by atoms with van der Waals surface area (Å²) in [5.41, 5.74) is 7.95. The van der Waals surface area contributed by atoms with Gasteiger partial charge in [-0.05, 0) is 8.07 Å². The summed E-state index contributed by atoms with van der Waals surface area (Å²) in [6, 6.07) is 0. The van der Waals surface area contributed by atoms with Crippen LogP contribution in [0.25, 0.3) is 5.53 Å². The molecule has 2 nitrogen and oxygen atoms in total. The van der Waals surface area contributed by atoms with Crippen LogP contribution in [0.15, 0.2) is 0 Å². The fraction of sp³-hybridized carbons (Fsp3) is 0.750. The summed E-state index contributed by atoms with van der Waals surface area (Å²) in [5.74, 6) is 2.60. The molecule has 7 heavy (non-hydrogen) atoms. The van der Waals surface area contributed by atoms with Crippen LogP contribution in [0, 0.1) is 0 Å². The Morgan fingerprint density at radius 1 is 1.43 bits per heavy atom. The quantitative estimate of drug-likeness (QED) is 0.160. The lowest BCUT2D eigenvalue weighted by Gasteiger charge is -2.11. The molecule has 0 aromatic carbocycles. The first-order valence-corrected chi connectivity index (χ1v) is 5.67. The fourth-order valence-electron chi connectivity index (χ4n) is 0.150. The maximum atomic E-state index is 7.95. The smallest absolute Gasteiger partial charge is 0.0293 e. The highest BCUT2D eigenvalue weighted by atomic mass is 28.3. The number of hydrogen-bond donors (Lipinski definition) is 0. The molecule has 0 saturated heterocycles. The maximum Gasteiger partial charge on any atom is -0.0293 e. The van der Waals surface area contributed by atoms with Crippen molar-refractivity contribution in [2.75, 3.05) is 0 Å². The highest BCUT2D eigenvalue weighted by Gasteiger charge is 1.98. The molecule has 0 radical (unpaired) electrons. The van der Waals surface area contributed by atoms with E-state index in [4.69, 9.17) is 5.53 Å². The van der Waals surface area contributed by atoms with Gasteiger partial charge in [-0.2, -0.15) is 0 Å². The molecule has 0 heterocycles. The van der Waals surface area contributed by atoms with Crippen molar-refractivity contribution in [3.63, 3.8) is 0 Å². The van der Waals surface area contributed by atoms with Gasteiger partial charge in [0, 0.05) is 0 Å². The second kappa shape index (κ2) is 2.05. The predicted molar refractivity (Wildman–Crippen MR) is 32.0 cm³/mol. The Bertz CT molecular complexity index is 96.7. The topological polar surface area (TPSA) is 36.4 Å². The van der Waals surface area contributed by atoms with Crippen molar-refractivity contribution in [2.45, 2.75) is 19.6 Å². The number of nitrogens with zero attached hydrogens (tertiary/aromatic N) is 2. The van der Waals surface area contributed by atoms with Gasteiger partial charge in [0.1, 0.15) is 0 Å². The minimum Gasteiger partial charge on any atom is -0.408 e. The number of hydrogen-bond acceptors (Lipinski definition) is 0. The van der Waals surface area contributed by atoms with E-state index in [1.165, 1.54) is 0 Å².